The van der Waals surface area contributed by atoms with Crippen LogP contribution in [0, 0.1) is 0 Å². The normalized spacial score (nSPS) is 17.8. The van der Waals surface area contributed by atoms with Crippen molar-refractivity contribution >= 4 is 13.3 Å². The number of nitrogens with zero attached hydrogens (tertiary/aromatic N) is 2. The number of hydrogen-bond acceptors (Lipinski definition) is 7. The predicted octanol–water partition coefficient (Wildman–Crippen LogP) is -1.38. The Bertz CT molecular complexity index is 267. The number of rotatable bonds is 7. The molecule has 1 atom stereocenters. The van der Waals surface area contributed by atoms with Crippen LogP contribution in [-0.2, 0) is 9.59 Å². The molecule has 0 spiro atoms. The average Bonchev–Trinajstić information content (AvgIpc) is 2.38. The Balaban J connectivity index is 0.00000110. The second-order valence-electron chi connectivity index (χ2n) is 5.21. The van der Waals surface area contributed by atoms with E-state index in [0.29, 0.717) is 6.32 Å². The minimum atomic E-state index is -1.16. The number of hydrogen-bond donors (Lipinski definition) is 3. The van der Waals surface area contributed by atoms with Crippen molar-refractivity contribution < 1.29 is 19.6 Å². The van der Waals surface area contributed by atoms with Crippen molar-refractivity contribution in [3.05, 3.63) is 0 Å². The largest absolute Gasteiger partial charge is 0.451 e. The molecule has 1 aliphatic heterocycles. The summed E-state index contributed by atoms with van der Waals surface area (Å²) in [7, 11) is 0.987. The molecule has 8 heteroatoms. The first-order valence-electron chi connectivity index (χ1n) is 7.01. The quantitative estimate of drug-likeness (QED) is 0.391. The predicted molar refractivity (Wildman–Crippen MR) is 75.8 cm³/mol. The highest BCUT2D eigenvalue weighted by Gasteiger charge is 2.16. The topological polar surface area (TPSA) is 107 Å². The highest BCUT2D eigenvalue weighted by molar-refractivity contribution is 6.40. The Labute approximate surface area is 120 Å². The molecule has 0 radical (unpaired) electrons. The number of unbranched alkanes of at least 4 members (excludes halogenated alkanes) is 1. The van der Waals surface area contributed by atoms with Crippen LogP contribution in [0.5, 0.6) is 0 Å². The third-order valence-electron chi connectivity index (χ3n) is 3.38. The van der Waals surface area contributed by atoms with Gasteiger partial charge in [0, 0.05) is 38.8 Å². The molecule has 0 aromatic carbocycles. The Kier molecular flexibility index (Phi) is 11.6. The van der Waals surface area contributed by atoms with Crippen LogP contribution in [0.25, 0.3) is 0 Å². The zero-order valence-electron chi connectivity index (χ0n) is 12.2. The van der Waals surface area contributed by atoms with Gasteiger partial charge in [0.25, 0.3) is 0 Å². The number of likely N-dealkylation sites (N-methyl/N-ethyl adjacent to an activating group) is 1. The summed E-state index contributed by atoms with van der Waals surface area (Å²) in [5.74, 6) is 0. The standard InChI is InChI=1S/C11H26BN3O2.CO2/c1-14-6-8-15(9-7-14)10-11(13)4-2-3-5-12(16)17;2-1-3/h11,16-17H,2-10,13H2,1H3;. The monoisotopic (exact) mass is 287 g/mol. The fourth-order valence-corrected chi connectivity index (χ4v) is 2.19. The third kappa shape index (κ3) is 11.1. The molecule has 0 aliphatic carbocycles. The number of nitrogens with two attached hydrogens (primary N) is 1. The smallest absolute Gasteiger partial charge is 0.427 e. The molecule has 0 aromatic heterocycles. The lowest BCUT2D eigenvalue weighted by molar-refractivity contribution is -0.191. The summed E-state index contributed by atoms with van der Waals surface area (Å²) in [5.41, 5.74) is 6.08. The van der Waals surface area contributed by atoms with Gasteiger partial charge in [-0.3, -0.25) is 4.90 Å². The van der Waals surface area contributed by atoms with Crippen LogP contribution in [0.2, 0.25) is 6.32 Å². The van der Waals surface area contributed by atoms with Gasteiger partial charge in [0.05, 0.1) is 0 Å². The zero-order valence-corrected chi connectivity index (χ0v) is 12.2. The summed E-state index contributed by atoms with van der Waals surface area (Å²) in [4.78, 5) is 21.0. The molecular weight excluding hydrogens is 261 g/mol. The third-order valence-corrected chi connectivity index (χ3v) is 3.38. The Morgan fingerprint density at radius 1 is 1.20 bits per heavy atom. The van der Waals surface area contributed by atoms with Crippen LogP contribution in [0.15, 0.2) is 0 Å². The van der Waals surface area contributed by atoms with Gasteiger partial charge in [-0.15, -0.1) is 0 Å². The molecule has 0 aromatic rings. The van der Waals surface area contributed by atoms with E-state index in [1.807, 2.05) is 0 Å². The second-order valence-corrected chi connectivity index (χ2v) is 5.21. The maximum Gasteiger partial charge on any atom is 0.451 e. The summed E-state index contributed by atoms with van der Waals surface area (Å²) in [5, 5.41) is 17.4. The molecule has 1 saturated heterocycles. The van der Waals surface area contributed by atoms with Crippen LogP contribution >= 0.6 is 0 Å². The Morgan fingerprint density at radius 2 is 1.75 bits per heavy atom. The fourth-order valence-electron chi connectivity index (χ4n) is 2.19. The van der Waals surface area contributed by atoms with Crippen molar-refractivity contribution in [2.24, 2.45) is 5.73 Å². The second kappa shape index (κ2) is 12.0. The zero-order chi connectivity index (χ0) is 15.4. The molecule has 1 heterocycles. The summed E-state index contributed by atoms with van der Waals surface area (Å²) in [6.45, 7) is 5.45. The summed E-state index contributed by atoms with van der Waals surface area (Å²) in [6.07, 6.45) is 3.50. The average molecular weight is 287 g/mol. The Morgan fingerprint density at radius 3 is 2.25 bits per heavy atom. The summed E-state index contributed by atoms with van der Waals surface area (Å²) in [6, 6.07) is 0.217. The van der Waals surface area contributed by atoms with Crippen molar-refractivity contribution in [1.82, 2.24) is 9.80 Å². The number of carbonyl (C=O) groups excluding carboxylic acids is 2. The maximum absolute atomic E-state index is 8.71. The van der Waals surface area contributed by atoms with Gasteiger partial charge in [-0.1, -0.05) is 12.8 Å². The van der Waals surface area contributed by atoms with Crippen LogP contribution in [-0.4, -0.2) is 78.9 Å². The highest BCUT2D eigenvalue weighted by Crippen LogP contribution is 2.06. The van der Waals surface area contributed by atoms with Gasteiger partial charge < -0.3 is 20.7 Å². The van der Waals surface area contributed by atoms with Crippen molar-refractivity contribution in [3.8, 4) is 0 Å². The van der Waals surface area contributed by atoms with Crippen LogP contribution in [0.1, 0.15) is 19.3 Å². The molecule has 0 bridgehead atoms. The van der Waals surface area contributed by atoms with E-state index >= 15 is 0 Å². The summed E-state index contributed by atoms with van der Waals surface area (Å²) < 4.78 is 0. The molecule has 0 amide bonds. The first kappa shape index (κ1) is 19.2. The molecule has 4 N–H and O–H groups in total. The maximum atomic E-state index is 8.71. The van der Waals surface area contributed by atoms with Gasteiger partial charge >= 0.3 is 13.3 Å². The molecule has 116 valence electrons. The van der Waals surface area contributed by atoms with Gasteiger partial charge in [-0.2, -0.15) is 9.59 Å². The van der Waals surface area contributed by atoms with Crippen molar-refractivity contribution in [3.63, 3.8) is 0 Å². The van der Waals surface area contributed by atoms with E-state index < -0.39 is 7.12 Å². The molecule has 1 unspecified atom stereocenters. The van der Waals surface area contributed by atoms with E-state index in [1.54, 1.807) is 0 Å². The minimum absolute atomic E-state index is 0.217. The minimum Gasteiger partial charge on any atom is -0.427 e. The van der Waals surface area contributed by atoms with E-state index in [4.69, 9.17) is 25.4 Å². The molecular formula is C12H26BN3O4. The lowest BCUT2D eigenvalue weighted by atomic mass is 9.83. The van der Waals surface area contributed by atoms with Gasteiger partial charge in [0.15, 0.2) is 0 Å². The van der Waals surface area contributed by atoms with Crippen LogP contribution < -0.4 is 5.73 Å². The first-order chi connectivity index (χ1) is 9.49. The fraction of sp³-hybridized carbons (Fsp3) is 0.917. The molecule has 1 fully saturated rings. The van der Waals surface area contributed by atoms with E-state index in [-0.39, 0.29) is 12.2 Å². The van der Waals surface area contributed by atoms with Crippen molar-refractivity contribution in [1.29, 1.82) is 0 Å². The molecule has 1 aliphatic rings. The van der Waals surface area contributed by atoms with Crippen molar-refractivity contribution in [2.45, 2.75) is 31.6 Å². The van der Waals surface area contributed by atoms with Gasteiger partial charge in [-0.05, 0) is 19.8 Å². The van der Waals surface area contributed by atoms with Gasteiger partial charge in [-0.25, -0.2) is 0 Å². The van der Waals surface area contributed by atoms with E-state index in [0.717, 1.165) is 52.0 Å². The van der Waals surface area contributed by atoms with Crippen molar-refractivity contribution in [2.75, 3.05) is 39.8 Å². The van der Waals surface area contributed by atoms with Gasteiger partial charge in [0.2, 0.25) is 0 Å². The van der Waals surface area contributed by atoms with Crippen LogP contribution in [0.4, 0.5) is 0 Å². The van der Waals surface area contributed by atoms with Crippen LogP contribution in [0.3, 0.4) is 0 Å². The van der Waals surface area contributed by atoms with E-state index in [2.05, 4.69) is 16.8 Å². The molecule has 0 saturated carbocycles. The highest BCUT2D eigenvalue weighted by atomic mass is 16.4. The molecule has 20 heavy (non-hydrogen) atoms. The Hall–Kier alpha value is -0.755. The summed E-state index contributed by atoms with van der Waals surface area (Å²) >= 11 is 0. The first-order valence-corrected chi connectivity index (χ1v) is 7.01. The van der Waals surface area contributed by atoms with E-state index in [9.17, 15) is 0 Å². The lowest BCUT2D eigenvalue weighted by Gasteiger charge is -2.33. The van der Waals surface area contributed by atoms with Gasteiger partial charge in [0.1, 0.15) is 0 Å². The number of piperazine rings is 1. The SMILES string of the molecule is CN1CCN(CC(N)CCCCB(O)O)CC1.O=C=O. The van der Waals surface area contributed by atoms with E-state index in [1.165, 1.54) is 0 Å². The molecule has 1 rings (SSSR count). The molecule has 7 nitrogen and oxygen atoms in total. The lowest BCUT2D eigenvalue weighted by Crippen LogP contribution is -2.48.